The molecule has 0 radical (unpaired) electrons. The van der Waals surface area contributed by atoms with E-state index >= 15 is 0 Å². The SMILES string of the molecule is CNCC1CCN(CCN(C)C)C(C)(C)C1. The summed E-state index contributed by atoms with van der Waals surface area (Å²) in [5.74, 6) is 0.857. The van der Waals surface area contributed by atoms with E-state index in [1.807, 2.05) is 0 Å². The van der Waals surface area contributed by atoms with Crippen molar-refractivity contribution in [1.82, 2.24) is 15.1 Å². The van der Waals surface area contributed by atoms with Gasteiger partial charge < -0.3 is 10.2 Å². The van der Waals surface area contributed by atoms with E-state index in [9.17, 15) is 0 Å². The highest BCUT2D eigenvalue weighted by Crippen LogP contribution is 2.30. The van der Waals surface area contributed by atoms with Crippen LogP contribution in [0.15, 0.2) is 0 Å². The normalized spacial score (nSPS) is 26.2. The Bertz CT molecular complexity index is 201. The molecule has 0 bridgehead atoms. The average Bonchev–Trinajstić information content (AvgIpc) is 2.15. The van der Waals surface area contributed by atoms with E-state index < -0.39 is 0 Å². The zero-order valence-electron chi connectivity index (χ0n) is 11.7. The first-order valence-electron chi connectivity index (χ1n) is 6.50. The van der Waals surface area contributed by atoms with Crippen molar-refractivity contribution in [3.05, 3.63) is 0 Å². The van der Waals surface area contributed by atoms with Crippen molar-refractivity contribution >= 4 is 0 Å². The largest absolute Gasteiger partial charge is 0.319 e. The van der Waals surface area contributed by atoms with Crippen LogP contribution in [-0.4, -0.2) is 62.7 Å². The molecule has 1 atom stereocenters. The van der Waals surface area contributed by atoms with Gasteiger partial charge in [0.15, 0.2) is 0 Å². The van der Waals surface area contributed by atoms with Crippen LogP contribution in [0.3, 0.4) is 0 Å². The summed E-state index contributed by atoms with van der Waals surface area (Å²) in [5, 5.41) is 3.31. The van der Waals surface area contributed by atoms with Crippen LogP contribution in [0.5, 0.6) is 0 Å². The Morgan fingerprint density at radius 1 is 1.38 bits per heavy atom. The van der Waals surface area contributed by atoms with Crippen molar-refractivity contribution in [2.75, 3.05) is 47.3 Å². The van der Waals surface area contributed by atoms with Crippen LogP contribution in [0.2, 0.25) is 0 Å². The molecular formula is C13H29N3. The molecule has 1 unspecified atom stereocenters. The monoisotopic (exact) mass is 227 g/mol. The quantitative estimate of drug-likeness (QED) is 0.763. The van der Waals surface area contributed by atoms with Gasteiger partial charge in [0.25, 0.3) is 0 Å². The minimum atomic E-state index is 0.371. The van der Waals surface area contributed by atoms with E-state index in [-0.39, 0.29) is 0 Å². The summed E-state index contributed by atoms with van der Waals surface area (Å²) in [7, 11) is 6.37. The number of likely N-dealkylation sites (tertiary alicyclic amines) is 1. The predicted octanol–water partition coefficient (Wildman–Crippen LogP) is 1.26. The zero-order chi connectivity index (χ0) is 12.2. The first-order valence-corrected chi connectivity index (χ1v) is 6.50. The lowest BCUT2D eigenvalue weighted by Crippen LogP contribution is -2.52. The van der Waals surface area contributed by atoms with Gasteiger partial charge >= 0.3 is 0 Å². The van der Waals surface area contributed by atoms with Crippen molar-refractivity contribution in [3.63, 3.8) is 0 Å². The standard InChI is InChI=1S/C13H29N3/c1-13(2)10-12(11-14-3)6-7-16(13)9-8-15(4)5/h12,14H,6-11H2,1-5H3. The first-order chi connectivity index (χ1) is 7.45. The third-order valence-corrected chi connectivity index (χ3v) is 3.76. The van der Waals surface area contributed by atoms with Gasteiger partial charge in [-0.25, -0.2) is 0 Å². The molecule has 0 aliphatic carbocycles. The Labute approximate surface area is 101 Å². The van der Waals surface area contributed by atoms with E-state index in [1.165, 1.54) is 39.0 Å². The summed E-state index contributed by atoms with van der Waals surface area (Å²) in [5.41, 5.74) is 0.371. The highest BCUT2D eigenvalue weighted by Gasteiger charge is 2.33. The summed E-state index contributed by atoms with van der Waals surface area (Å²) in [6.07, 6.45) is 2.67. The van der Waals surface area contributed by atoms with Crippen LogP contribution >= 0.6 is 0 Å². The summed E-state index contributed by atoms with van der Waals surface area (Å²) < 4.78 is 0. The van der Waals surface area contributed by atoms with Gasteiger partial charge in [-0.15, -0.1) is 0 Å². The molecule has 1 aliphatic heterocycles. The maximum absolute atomic E-state index is 3.31. The lowest BCUT2D eigenvalue weighted by atomic mass is 9.82. The van der Waals surface area contributed by atoms with Crippen LogP contribution in [0, 0.1) is 5.92 Å². The fourth-order valence-electron chi connectivity index (χ4n) is 2.78. The number of nitrogens with zero attached hydrogens (tertiary/aromatic N) is 2. The number of rotatable bonds is 5. The molecule has 1 heterocycles. The smallest absolute Gasteiger partial charge is 0.0156 e. The summed E-state index contributed by atoms with van der Waals surface area (Å²) in [6.45, 7) is 9.58. The number of piperidine rings is 1. The van der Waals surface area contributed by atoms with E-state index in [0.717, 1.165) is 5.92 Å². The molecule has 1 saturated heterocycles. The van der Waals surface area contributed by atoms with Crippen molar-refractivity contribution in [1.29, 1.82) is 0 Å². The van der Waals surface area contributed by atoms with Crippen molar-refractivity contribution in [2.45, 2.75) is 32.2 Å². The van der Waals surface area contributed by atoms with Gasteiger partial charge in [-0.3, -0.25) is 4.90 Å². The molecule has 1 aliphatic rings. The molecular weight excluding hydrogens is 198 g/mol. The Hall–Kier alpha value is -0.120. The minimum absolute atomic E-state index is 0.371. The average molecular weight is 227 g/mol. The lowest BCUT2D eigenvalue weighted by molar-refractivity contribution is 0.0422. The van der Waals surface area contributed by atoms with Gasteiger partial charge in [-0.05, 0) is 66.8 Å². The highest BCUT2D eigenvalue weighted by atomic mass is 15.2. The van der Waals surface area contributed by atoms with Gasteiger partial charge in [0.1, 0.15) is 0 Å². The van der Waals surface area contributed by atoms with Gasteiger partial charge in [0.2, 0.25) is 0 Å². The second kappa shape index (κ2) is 5.99. The van der Waals surface area contributed by atoms with Gasteiger partial charge in [0, 0.05) is 18.6 Å². The molecule has 3 nitrogen and oxygen atoms in total. The molecule has 0 aromatic rings. The van der Waals surface area contributed by atoms with E-state index in [1.54, 1.807) is 0 Å². The second-order valence-electron chi connectivity index (χ2n) is 6.02. The topological polar surface area (TPSA) is 18.5 Å². The van der Waals surface area contributed by atoms with Crippen molar-refractivity contribution in [2.24, 2.45) is 5.92 Å². The molecule has 16 heavy (non-hydrogen) atoms. The third-order valence-electron chi connectivity index (χ3n) is 3.76. The van der Waals surface area contributed by atoms with Crippen molar-refractivity contribution in [3.8, 4) is 0 Å². The van der Waals surface area contributed by atoms with Crippen LogP contribution in [-0.2, 0) is 0 Å². The fourth-order valence-corrected chi connectivity index (χ4v) is 2.78. The van der Waals surface area contributed by atoms with E-state index in [4.69, 9.17) is 0 Å². The van der Waals surface area contributed by atoms with E-state index in [0.29, 0.717) is 5.54 Å². The van der Waals surface area contributed by atoms with Crippen LogP contribution in [0.4, 0.5) is 0 Å². The summed E-state index contributed by atoms with van der Waals surface area (Å²) in [6, 6.07) is 0. The number of nitrogens with one attached hydrogen (secondary N) is 1. The summed E-state index contributed by atoms with van der Waals surface area (Å²) >= 11 is 0. The Kier molecular flexibility index (Phi) is 5.22. The van der Waals surface area contributed by atoms with Crippen LogP contribution < -0.4 is 5.32 Å². The van der Waals surface area contributed by atoms with Gasteiger partial charge in [-0.1, -0.05) is 0 Å². The van der Waals surface area contributed by atoms with Crippen LogP contribution in [0.25, 0.3) is 0 Å². The van der Waals surface area contributed by atoms with Crippen LogP contribution in [0.1, 0.15) is 26.7 Å². The molecule has 0 spiro atoms. The molecule has 0 saturated carbocycles. The Morgan fingerprint density at radius 2 is 2.06 bits per heavy atom. The molecule has 3 heteroatoms. The van der Waals surface area contributed by atoms with E-state index in [2.05, 4.69) is 50.1 Å². The molecule has 0 amide bonds. The van der Waals surface area contributed by atoms with Gasteiger partial charge in [-0.2, -0.15) is 0 Å². The maximum atomic E-state index is 3.31. The molecule has 0 aromatic heterocycles. The number of likely N-dealkylation sites (N-methyl/N-ethyl adjacent to an activating group) is 1. The molecule has 0 aromatic carbocycles. The third kappa shape index (κ3) is 4.04. The minimum Gasteiger partial charge on any atom is -0.319 e. The lowest BCUT2D eigenvalue weighted by Gasteiger charge is -2.46. The Morgan fingerprint density at radius 3 is 2.56 bits per heavy atom. The fraction of sp³-hybridized carbons (Fsp3) is 1.00. The maximum Gasteiger partial charge on any atom is 0.0156 e. The molecule has 1 N–H and O–H groups in total. The second-order valence-corrected chi connectivity index (χ2v) is 6.02. The van der Waals surface area contributed by atoms with Gasteiger partial charge in [0.05, 0.1) is 0 Å². The molecule has 96 valence electrons. The number of hydrogen-bond donors (Lipinski definition) is 1. The summed E-state index contributed by atoms with van der Waals surface area (Å²) in [4.78, 5) is 4.93. The number of hydrogen-bond acceptors (Lipinski definition) is 3. The predicted molar refractivity (Wildman–Crippen MR) is 70.9 cm³/mol. The first kappa shape index (κ1) is 13.9. The molecule has 1 rings (SSSR count). The van der Waals surface area contributed by atoms with Crippen molar-refractivity contribution < 1.29 is 0 Å². The zero-order valence-corrected chi connectivity index (χ0v) is 11.7. The highest BCUT2D eigenvalue weighted by molar-refractivity contribution is 4.90. The Balaban J connectivity index is 2.43. The molecule has 1 fully saturated rings.